The summed E-state index contributed by atoms with van der Waals surface area (Å²) in [4.78, 5) is 4.07. The van der Waals surface area contributed by atoms with Crippen molar-refractivity contribution < 1.29 is 0 Å². The lowest BCUT2D eigenvalue weighted by Crippen LogP contribution is -2.39. The molecule has 0 saturated carbocycles. The van der Waals surface area contributed by atoms with Crippen LogP contribution in [-0.2, 0) is 6.54 Å². The minimum Gasteiger partial charge on any atom is -0.309 e. The van der Waals surface area contributed by atoms with Crippen molar-refractivity contribution in [1.82, 2.24) is 10.3 Å². The zero-order valence-corrected chi connectivity index (χ0v) is 11.3. The molecule has 0 amide bonds. The topological polar surface area (TPSA) is 24.9 Å². The Kier molecular flexibility index (Phi) is 4.75. The molecule has 0 radical (unpaired) electrons. The highest BCUT2D eigenvalue weighted by atomic mass is 35.5. The maximum atomic E-state index is 5.74. The summed E-state index contributed by atoms with van der Waals surface area (Å²) in [6, 6.07) is 4.36. The van der Waals surface area contributed by atoms with Crippen molar-refractivity contribution in [2.24, 2.45) is 5.41 Å². The van der Waals surface area contributed by atoms with Gasteiger partial charge < -0.3 is 5.32 Å². The molecule has 0 aliphatic carbocycles. The van der Waals surface area contributed by atoms with E-state index in [0.29, 0.717) is 11.2 Å². The number of nitrogens with one attached hydrogen (secondary N) is 1. The van der Waals surface area contributed by atoms with Crippen LogP contribution in [-0.4, -0.2) is 11.0 Å². The van der Waals surface area contributed by atoms with E-state index in [1.165, 1.54) is 5.56 Å². The van der Waals surface area contributed by atoms with Gasteiger partial charge in [0.25, 0.3) is 0 Å². The highest BCUT2D eigenvalue weighted by Gasteiger charge is 2.21. The molecular weight excluding hydrogens is 220 g/mol. The van der Waals surface area contributed by atoms with Gasteiger partial charge in [0, 0.05) is 18.8 Å². The van der Waals surface area contributed by atoms with Gasteiger partial charge in [0.15, 0.2) is 0 Å². The molecule has 1 aromatic heterocycles. The van der Waals surface area contributed by atoms with Crippen molar-refractivity contribution in [3.8, 4) is 0 Å². The number of hydrogen-bond donors (Lipinski definition) is 1. The quantitative estimate of drug-likeness (QED) is 0.813. The molecular formula is C13H21ClN2. The standard InChI is InChI=1S/C13H21ClN2/c1-5-11(13(2,3)4)15-8-10-6-7-12(14)16-9-10/h6-7,9,11,15H,5,8H2,1-4H3/t11-/m0/s1. The van der Waals surface area contributed by atoms with E-state index in [1.807, 2.05) is 18.3 Å². The van der Waals surface area contributed by atoms with E-state index in [1.54, 1.807) is 0 Å². The summed E-state index contributed by atoms with van der Waals surface area (Å²) in [6.07, 6.45) is 2.95. The van der Waals surface area contributed by atoms with E-state index in [0.717, 1.165) is 13.0 Å². The predicted molar refractivity (Wildman–Crippen MR) is 69.6 cm³/mol. The van der Waals surface area contributed by atoms with Gasteiger partial charge in [-0.15, -0.1) is 0 Å². The molecule has 0 unspecified atom stereocenters. The maximum Gasteiger partial charge on any atom is 0.129 e. The molecule has 3 heteroatoms. The Morgan fingerprint density at radius 2 is 2.06 bits per heavy atom. The fourth-order valence-corrected chi connectivity index (χ4v) is 1.93. The number of hydrogen-bond acceptors (Lipinski definition) is 2. The molecule has 16 heavy (non-hydrogen) atoms. The Bertz CT molecular complexity index is 314. The number of aromatic nitrogens is 1. The smallest absolute Gasteiger partial charge is 0.129 e. The van der Waals surface area contributed by atoms with Crippen LogP contribution in [0.1, 0.15) is 39.7 Å². The van der Waals surface area contributed by atoms with Gasteiger partial charge in [0.2, 0.25) is 0 Å². The summed E-state index contributed by atoms with van der Waals surface area (Å²) in [5.74, 6) is 0. The Balaban J connectivity index is 2.53. The minimum atomic E-state index is 0.286. The van der Waals surface area contributed by atoms with E-state index in [4.69, 9.17) is 11.6 Å². The van der Waals surface area contributed by atoms with E-state index < -0.39 is 0 Å². The fourth-order valence-electron chi connectivity index (χ4n) is 1.81. The van der Waals surface area contributed by atoms with Crippen molar-refractivity contribution in [2.45, 2.75) is 46.7 Å². The number of rotatable bonds is 4. The molecule has 1 heterocycles. The molecule has 1 rings (SSSR count). The molecule has 0 fully saturated rings. The average Bonchev–Trinajstić information content (AvgIpc) is 2.19. The largest absolute Gasteiger partial charge is 0.309 e. The molecule has 0 bridgehead atoms. The first kappa shape index (κ1) is 13.5. The first-order valence-electron chi connectivity index (χ1n) is 5.77. The molecule has 0 aliphatic rings. The van der Waals surface area contributed by atoms with Crippen molar-refractivity contribution in [1.29, 1.82) is 0 Å². The zero-order valence-electron chi connectivity index (χ0n) is 10.5. The number of halogens is 1. The molecule has 0 saturated heterocycles. The third kappa shape index (κ3) is 4.11. The first-order chi connectivity index (χ1) is 7.43. The molecule has 2 nitrogen and oxygen atoms in total. The van der Waals surface area contributed by atoms with Gasteiger partial charge in [-0.3, -0.25) is 0 Å². The highest BCUT2D eigenvalue weighted by molar-refractivity contribution is 6.29. The maximum absolute atomic E-state index is 5.74. The molecule has 0 aromatic carbocycles. The molecule has 90 valence electrons. The second-order valence-electron chi connectivity index (χ2n) is 5.20. The SMILES string of the molecule is CC[C@H](NCc1ccc(Cl)nc1)C(C)(C)C. The second-order valence-corrected chi connectivity index (χ2v) is 5.58. The predicted octanol–water partition coefficient (Wildman–Crippen LogP) is 3.65. The lowest BCUT2D eigenvalue weighted by Gasteiger charge is -2.30. The Morgan fingerprint density at radius 1 is 1.38 bits per heavy atom. The summed E-state index contributed by atoms with van der Waals surface area (Å²) in [7, 11) is 0. The van der Waals surface area contributed by atoms with Crippen LogP contribution in [0, 0.1) is 5.41 Å². The van der Waals surface area contributed by atoms with Gasteiger partial charge in [-0.2, -0.15) is 0 Å². The summed E-state index contributed by atoms with van der Waals surface area (Å²) in [5.41, 5.74) is 1.46. The summed E-state index contributed by atoms with van der Waals surface area (Å²) in [5, 5.41) is 4.11. The third-order valence-corrected chi connectivity index (χ3v) is 3.02. The Morgan fingerprint density at radius 3 is 2.50 bits per heavy atom. The van der Waals surface area contributed by atoms with E-state index in [9.17, 15) is 0 Å². The van der Waals surface area contributed by atoms with Gasteiger partial charge in [-0.05, 0) is 23.5 Å². The summed E-state index contributed by atoms with van der Waals surface area (Å²) in [6.45, 7) is 9.83. The molecule has 1 N–H and O–H groups in total. The zero-order chi connectivity index (χ0) is 12.2. The van der Waals surface area contributed by atoms with Crippen LogP contribution in [0.5, 0.6) is 0 Å². The minimum absolute atomic E-state index is 0.286. The number of nitrogens with zero attached hydrogens (tertiary/aromatic N) is 1. The van der Waals surface area contributed by atoms with E-state index >= 15 is 0 Å². The van der Waals surface area contributed by atoms with Crippen LogP contribution in [0.4, 0.5) is 0 Å². The van der Waals surface area contributed by atoms with Crippen LogP contribution >= 0.6 is 11.6 Å². The monoisotopic (exact) mass is 240 g/mol. The van der Waals surface area contributed by atoms with Gasteiger partial charge in [-0.25, -0.2) is 4.98 Å². The fraction of sp³-hybridized carbons (Fsp3) is 0.615. The Hall–Kier alpha value is -0.600. The van der Waals surface area contributed by atoms with Crippen molar-refractivity contribution in [2.75, 3.05) is 0 Å². The van der Waals surface area contributed by atoms with Gasteiger partial charge in [0.05, 0.1) is 0 Å². The van der Waals surface area contributed by atoms with E-state index in [-0.39, 0.29) is 5.41 Å². The van der Waals surface area contributed by atoms with Crippen LogP contribution in [0.3, 0.4) is 0 Å². The molecule has 0 aliphatic heterocycles. The van der Waals surface area contributed by atoms with Gasteiger partial charge >= 0.3 is 0 Å². The number of pyridine rings is 1. The second kappa shape index (κ2) is 5.65. The van der Waals surface area contributed by atoms with Crippen molar-refractivity contribution in [3.05, 3.63) is 29.0 Å². The third-order valence-electron chi connectivity index (χ3n) is 2.79. The molecule has 0 spiro atoms. The van der Waals surface area contributed by atoms with Crippen LogP contribution in [0.25, 0.3) is 0 Å². The Labute approximate surface area is 103 Å². The highest BCUT2D eigenvalue weighted by Crippen LogP contribution is 2.21. The first-order valence-corrected chi connectivity index (χ1v) is 6.15. The van der Waals surface area contributed by atoms with Crippen LogP contribution in [0.2, 0.25) is 5.15 Å². The lowest BCUT2D eigenvalue weighted by molar-refractivity contribution is 0.259. The lowest BCUT2D eigenvalue weighted by atomic mass is 9.85. The van der Waals surface area contributed by atoms with Gasteiger partial charge in [-0.1, -0.05) is 45.4 Å². The van der Waals surface area contributed by atoms with E-state index in [2.05, 4.69) is 38.0 Å². The average molecular weight is 241 g/mol. The molecule has 1 atom stereocenters. The molecule has 1 aromatic rings. The van der Waals surface area contributed by atoms with Crippen LogP contribution < -0.4 is 5.32 Å². The van der Waals surface area contributed by atoms with Crippen LogP contribution in [0.15, 0.2) is 18.3 Å². The van der Waals surface area contributed by atoms with Crippen molar-refractivity contribution >= 4 is 11.6 Å². The summed E-state index contributed by atoms with van der Waals surface area (Å²) < 4.78 is 0. The summed E-state index contributed by atoms with van der Waals surface area (Å²) >= 11 is 5.74. The normalized spacial score (nSPS) is 13.8. The van der Waals surface area contributed by atoms with Gasteiger partial charge in [0.1, 0.15) is 5.15 Å². The van der Waals surface area contributed by atoms with Crippen molar-refractivity contribution in [3.63, 3.8) is 0 Å².